The minimum Gasteiger partial charge on any atom is -0.345 e. The lowest BCUT2D eigenvalue weighted by atomic mass is 9.99. The number of hydrogen-bond donors (Lipinski definition) is 2. The predicted molar refractivity (Wildman–Crippen MR) is 112 cm³/mol. The van der Waals surface area contributed by atoms with Crippen LogP contribution in [0.3, 0.4) is 0 Å². The number of rotatable bonds is 5. The molecule has 4 aromatic rings. The summed E-state index contributed by atoms with van der Waals surface area (Å²) in [6.07, 6.45) is 3.33. The quantitative estimate of drug-likeness (QED) is 0.528. The third-order valence-electron chi connectivity index (χ3n) is 4.58. The van der Waals surface area contributed by atoms with Gasteiger partial charge in [-0.3, -0.25) is 4.79 Å². The van der Waals surface area contributed by atoms with E-state index in [9.17, 15) is 4.79 Å². The van der Waals surface area contributed by atoms with Gasteiger partial charge in [0.05, 0.1) is 6.04 Å². The molecule has 5 nitrogen and oxygen atoms in total. The van der Waals surface area contributed by atoms with E-state index in [-0.39, 0.29) is 11.9 Å². The fourth-order valence-electron chi connectivity index (χ4n) is 3.22. The van der Waals surface area contributed by atoms with Crippen molar-refractivity contribution in [2.45, 2.75) is 13.0 Å². The van der Waals surface area contributed by atoms with Crippen molar-refractivity contribution in [1.82, 2.24) is 15.3 Å². The molecule has 1 amide bonds. The highest BCUT2D eigenvalue weighted by Gasteiger charge is 2.14. The first kappa shape index (κ1) is 17.7. The lowest BCUT2D eigenvalue weighted by Gasteiger charge is -2.17. The number of nitrogens with zero attached hydrogens (tertiary/aromatic N) is 2. The first-order chi connectivity index (χ1) is 13.7. The van der Waals surface area contributed by atoms with Crippen molar-refractivity contribution in [1.29, 1.82) is 0 Å². The number of nitrogens with one attached hydrogen (secondary N) is 2. The van der Waals surface area contributed by atoms with E-state index in [0.717, 1.165) is 22.0 Å². The van der Waals surface area contributed by atoms with Crippen LogP contribution in [0.1, 0.15) is 28.9 Å². The molecule has 1 atom stereocenters. The third kappa shape index (κ3) is 3.83. The Morgan fingerprint density at radius 2 is 1.64 bits per heavy atom. The first-order valence-electron chi connectivity index (χ1n) is 9.13. The second kappa shape index (κ2) is 7.88. The zero-order chi connectivity index (χ0) is 19.3. The minimum atomic E-state index is -0.127. The van der Waals surface area contributed by atoms with Crippen molar-refractivity contribution < 1.29 is 4.79 Å². The molecular weight excluding hydrogens is 348 g/mol. The molecule has 28 heavy (non-hydrogen) atoms. The van der Waals surface area contributed by atoms with Crippen molar-refractivity contribution in [3.63, 3.8) is 0 Å². The Bertz CT molecular complexity index is 1110. The molecule has 0 saturated heterocycles. The summed E-state index contributed by atoms with van der Waals surface area (Å²) in [4.78, 5) is 21.1. The number of aromatic nitrogens is 2. The van der Waals surface area contributed by atoms with Crippen LogP contribution in [0.25, 0.3) is 10.8 Å². The maximum atomic E-state index is 12.8. The number of carbonyl (C=O) groups excluding carboxylic acids is 1. The first-order valence-corrected chi connectivity index (χ1v) is 9.13. The summed E-state index contributed by atoms with van der Waals surface area (Å²) >= 11 is 0. The number of benzene rings is 3. The highest BCUT2D eigenvalue weighted by atomic mass is 16.1. The van der Waals surface area contributed by atoms with Gasteiger partial charge in [-0.25, -0.2) is 9.97 Å². The average molecular weight is 368 g/mol. The predicted octanol–water partition coefficient (Wildman–Crippen LogP) is 4.86. The van der Waals surface area contributed by atoms with E-state index in [1.165, 1.54) is 0 Å². The van der Waals surface area contributed by atoms with Gasteiger partial charge in [0.2, 0.25) is 5.95 Å². The van der Waals surface area contributed by atoms with Crippen LogP contribution in [0, 0.1) is 0 Å². The van der Waals surface area contributed by atoms with Gasteiger partial charge in [0, 0.05) is 23.6 Å². The Balaban J connectivity index is 1.52. The summed E-state index contributed by atoms with van der Waals surface area (Å²) in [6, 6.07) is 23.3. The molecule has 0 aliphatic carbocycles. The van der Waals surface area contributed by atoms with Crippen molar-refractivity contribution in [3.05, 3.63) is 96.3 Å². The normalized spacial score (nSPS) is 11.8. The maximum absolute atomic E-state index is 12.8. The van der Waals surface area contributed by atoms with Crippen molar-refractivity contribution in [2.75, 3.05) is 5.32 Å². The van der Waals surface area contributed by atoms with E-state index in [4.69, 9.17) is 0 Å². The molecule has 0 aliphatic rings. The van der Waals surface area contributed by atoms with Gasteiger partial charge in [0.1, 0.15) is 0 Å². The summed E-state index contributed by atoms with van der Waals surface area (Å²) in [5.41, 5.74) is 2.43. The molecule has 0 bridgehead atoms. The Morgan fingerprint density at radius 1 is 0.893 bits per heavy atom. The molecule has 138 valence electrons. The highest BCUT2D eigenvalue weighted by molar-refractivity contribution is 5.96. The molecule has 1 heterocycles. The molecule has 0 unspecified atom stereocenters. The molecule has 5 heteroatoms. The standard InChI is InChI=1S/C23H20N4O/c1-16(20-12-5-8-17-7-2-3-11-21(17)20)26-22(28)18-9-4-10-19(15-18)27-23-24-13-6-14-25-23/h2-16H,1H3,(H,26,28)(H,24,25,27)/t16-/m0/s1. The molecule has 4 rings (SSSR count). The molecule has 3 aromatic carbocycles. The molecular formula is C23H20N4O. The van der Waals surface area contributed by atoms with Crippen molar-refractivity contribution >= 4 is 28.3 Å². The highest BCUT2D eigenvalue weighted by Crippen LogP contribution is 2.24. The van der Waals surface area contributed by atoms with E-state index >= 15 is 0 Å². The number of hydrogen-bond acceptors (Lipinski definition) is 4. The van der Waals surface area contributed by atoms with Crippen LogP contribution in [0.5, 0.6) is 0 Å². The van der Waals surface area contributed by atoms with Crippen LogP contribution in [0.2, 0.25) is 0 Å². The van der Waals surface area contributed by atoms with E-state index in [0.29, 0.717) is 11.5 Å². The average Bonchev–Trinajstić information content (AvgIpc) is 2.74. The molecule has 0 saturated carbocycles. The van der Waals surface area contributed by atoms with Gasteiger partial charge in [-0.05, 0) is 47.5 Å². The topological polar surface area (TPSA) is 66.9 Å². The zero-order valence-electron chi connectivity index (χ0n) is 15.5. The Morgan fingerprint density at radius 3 is 2.50 bits per heavy atom. The molecule has 0 spiro atoms. The van der Waals surface area contributed by atoms with Crippen LogP contribution in [0.15, 0.2) is 85.2 Å². The van der Waals surface area contributed by atoms with Crippen LogP contribution >= 0.6 is 0 Å². The van der Waals surface area contributed by atoms with Gasteiger partial charge in [-0.15, -0.1) is 0 Å². The lowest BCUT2D eigenvalue weighted by Crippen LogP contribution is -2.26. The smallest absolute Gasteiger partial charge is 0.251 e. The number of fused-ring (bicyclic) bond motifs is 1. The Hall–Kier alpha value is -3.73. The van der Waals surface area contributed by atoms with Gasteiger partial charge in [0.25, 0.3) is 5.91 Å². The third-order valence-corrected chi connectivity index (χ3v) is 4.58. The Labute approximate surface area is 163 Å². The summed E-state index contributed by atoms with van der Waals surface area (Å²) in [7, 11) is 0. The van der Waals surface area contributed by atoms with Crippen LogP contribution < -0.4 is 10.6 Å². The maximum Gasteiger partial charge on any atom is 0.251 e. The molecule has 0 radical (unpaired) electrons. The fourth-order valence-corrected chi connectivity index (χ4v) is 3.22. The minimum absolute atomic E-state index is 0.118. The van der Waals surface area contributed by atoms with Crippen molar-refractivity contribution in [3.8, 4) is 0 Å². The molecule has 2 N–H and O–H groups in total. The fraction of sp³-hybridized carbons (Fsp3) is 0.0870. The summed E-state index contributed by atoms with van der Waals surface area (Å²) in [5.74, 6) is 0.363. The van der Waals surface area contributed by atoms with Gasteiger partial charge in [-0.1, -0.05) is 48.5 Å². The number of anilines is 2. The second-order valence-electron chi connectivity index (χ2n) is 6.54. The van der Waals surface area contributed by atoms with E-state index in [2.05, 4.69) is 44.9 Å². The van der Waals surface area contributed by atoms with Crippen LogP contribution in [0.4, 0.5) is 11.6 Å². The van der Waals surface area contributed by atoms with Gasteiger partial charge in [0.15, 0.2) is 0 Å². The molecule has 0 aliphatic heterocycles. The summed E-state index contributed by atoms with van der Waals surface area (Å²) < 4.78 is 0. The number of carbonyl (C=O) groups is 1. The lowest BCUT2D eigenvalue weighted by molar-refractivity contribution is 0.0940. The van der Waals surface area contributed by atoms with Gasteiger partial charge >= 0.3 is 0 Å². The SMILES string of the molecule is C[C@H](NC(=O)c1cccc(Nc2ncccn2)c1)c1cccc2ccccc12. The van der Waals surface area contributed by atoms with Crippen LogP contribution in [-0.2, 0) is 0 Å². The molecule has 1 aromatic heterocycles. The summed E-state index contributed by atoms with van der Waals surface area (Å²) in [6.45, 7) is 2.00. The van der Waals surface area contributed by atoms with Gasteiger partial charge < -0.3 is 10.6 Å². The number of amides is 1. The largest absolute Gasteiger partial charge is 0.345 e. The van der Waals surface area contributed by atoms with Gasteiger partial charge in [-0.2, -0.15) is 0 Å². The van der Waals surface area contributed by atoms with E-state index in [1.807, 2.05) is 37.3 Å². The molecule has 0 fully saturated rings. The van der Waals surface area contributed by atoms with Crippen LogP contribution in [-0.4, -0.2) is 15.9 Å². The monoisotopic (exact) mass is 368 g/mol. The van der Waals surface area contributed by atoms with Crippen molar-refractivity contribution in [2.24, 2.45) is 0 Å². The zero-order valence-corrected chi connectivity index (χ0v) is 15.5. The van der Waals surface area contributed by atoms with E-state index in [1.54, 1.807) is 30.6 Å². The Kier molecular flexibility index (Phi) is 4.97. The summed E-state index contributed by atoms with van der Waals surface area (Å²) in [5, 5.41) is 8.51. The second-order valence-corrected chi connectivity index (χ2v) is 6.54. The van der Waals surface area contributed by atoms with E-state index < -0.39 is 0 Å².